The van der Waals surface area contributed by atoms with Crippen LogP contribution in [0.5, 0.6) is 0 Å². The smallest absolute Gasteiger partial charge is 0.225 e. The summed E-state index contributed by atoms with van der Waals surface area (Å²) in [5.41, 5.74) is 1.11. The molecule has 0 unspecified atom stereocenters. The number of amides is 1. The summed E-state index contributed by atoms with van der Waals surface area (Å²) in [5.74, 6) is 1.31. The average Bonchev–Trinajstić information content (AvgIpc) is 2.75. The quantitative estimate of drug-likeness (QED) is 0.255. The highest BCUT2D eigenvalue weighted by atomic mass is 127. The standard InChI is InChI=1S/C21H30Cl2N4O2.HI/c1-24-21(25-8-2-3-16-4-5-18(22)15-19(16)23)27-9-6-17(7-10-27)20(28)26-11-13-29-14-12-26;/h4-5,15,17H,2-3,6-14H2,1H3,(H,24,25);1H. The van der Waals surface area contributed by atoms with Gasteiger partial charge in [-0.15, -0.1) is 24.0 Å². The number of hydrogen-bond donors (Lipinski definition) is 1. The Morgan fingerprint density at radius 3 is 2.50 bits per heavy atom. The van der Waals surface area contributed by atoms with Crippen molar-refractivity contribution in [2.45, 2.75) is 25.7 Å². The number of likely N-dealkylation sites (tertiary alicyclic amines) is 1. The average molecular weight is 569 g/mol. The van der Waals surface area contributed by atoms with Gasteiger partial charge >= 0.3 is 0 Å². The molecule has 2 heterocycles. The predicted molar refractivity (Wildman–Crippen MR) is 133 cm³/mol. The maximum absolute atomic E-state index is 12.7. The summed E-state index contributed by atoms with van der Waals surface area (Å²) in [7, 11) is 1.81. The number of carbonyl (C=O) groups excluding carboxylic acids is 1. The molecule has 2 fully saturated rings. The lowest BCUT2D eigenvalue weighted by Crippen LogP contribution is -2.50. The zero-order valence-electron chi connectivity index (χ0n) is 17.4. The van der Waals surface area contributed by atoms with Crippen molar-refractivity contribution in [3.8, 4) is 0 Å². The number of rotatable bonds is 5. The van der Waals surface area contributed by atoms with Crippen molar-refractivity contribution in [1.29, 1.82) is 0 Å². The third-order valence-electron chi connectivity index (χ3n) is 5.60. The molecular weight excluding hydrogens is 538 g/mol. The molecule has 0 radical (unpaired) electrons. The van der Waals surface area contributed by atoms with Gasteiger partial charge < -0.3 is 19.9 Å². The van der Waals surface area contributed by atoms with Gasteiger partial charge in [-0.3, -0.25) is 9.79 Å². The van der Waals surface area contributed by atoms with Gasteiger partial charge in [0, 0.05) is 55.7 Å². The second-order valence-corrected chi connectivity index (χ2v) is 8.36. The van der Waals surface area contributed by atoms with Crippen molar-refractivity contribution in [1.82, 2.24) is 15.1 Å². The molecule has 168 valence electrons. The summed E-state index contributed by atoms with van der Waals surface area (Å²) in [5, 5.41) is 4.82. The Balaban J connectivity index is 0.00000320. The monoisotopic (exact) mass is 568 g/mol. The number of ether oxygens (including phenoxy) is 1. The Morgan fingerprint density at radius 1 is 1.17 bits per heavy atom. The number of hydrogen-bond acceptors (Lipinski definition) is 3. The minimum atomic E-state index is 0. The first-order valence-electron chi connectivity index (χ1n) is 10.3. The fourth-order valence-corrected chi connectivity index (χ4v) is 4.42. The van der Waals surface area contributed by atoms with Gasteiger partial charge in [-0.1, -0.05) is 29.3 Å². The highest BCUT2D eigenvalue weighted by molar-refractivity contribution is 14.0. The van der Waals surface area contributed by atoms with Gasteiger partial charge in [0.25, 0.3) is 0 Å². The number of aliphatic imine (C=N–C) groups is 1. The summed E-state index contributed by atoms with van der Waals surface area (Å²) >= 11 is 12.2. The summed E-state index contributed by atoms with van der Waals surface area (Å²) in [4.78, 5) is 21.3. The van der Waals surface area contributed by atoms with Crippen LogP contribution in [0.15, 0.2) is 23.2 Å². The van der Waals surface area contributed by atoms with E-state index in [1.54, 1.807) is 6.07 Å². The third-order valence-corrected chi connectivity index (χ3v) is 6.19. The number of piperidine rings is 1. The highest BCUT2D eigenvalue weighted by Crippen LogP contribution is 2.22. The molecule has 9 heteroatoms. The molecule has 0 spiro atoms. The van der Waals surface area contributed by atoms with E-state index in [-0.39, 0.29) is 35.8 Å². The van der Waals surface area contributed by atoms with Crippen LogP contribution in [0.25, 0.3) is 0 Å². The van der Waals surface area contributed by atoms with Gasteiger partial charge in [0.15, 0.2) is 5.96 Å². The summed E-state index contributed by atoms with van der Waals surface area (Å²) < 4.78 is 5.35. The molecule has 1 aromatic rings. The number of benzene rings is 1. The molecule has 0 saturated carbocycles. The lowest BCUT2D eigenvalue weighted by molar-refractivity contribution is -0.140. The maximum atomic E-state index is 12.7. The molecule has 0 aliphatic carbocycles. The molecule has 2 aliphatic rings. The van der Waals surface area contributed by atoms with E-state index >= 15 is 0 Å². The van der Waals surface area contributed by atoms with Crippen LogP contribution in [0.4, 0.5) is 0 Å². The van der Waals surface area contributed by atoms with Crippen molar-refractivity contribution in [3.63, 3.8) is 0 Å². The van der Waals surface area contributed by atoms with Crippen molar-refractivity contribution >= 4 is 59.0 Å². The van der Waals surface area contributed by atoms with E-state index in [9.17, 15) is 4.79 Å². The van der Waals surface area contributed by atoms with E-state index in [0.29, 0.717) is 23.3 Å². The largest absolute Gasteiger partial charge is 0.378 e. The summed E-state index contributed by atoms with van der Waals surface area (Å²) in [6, 6.07) is 5.64. The number of morpholine rings is 1. The molecule has 0 aromatic heterocycles. The Labute approximate surface area is 206 Å². The number of halogens is 3. The Morgan fingerprint density at radius 2 is 1.87 bits per heavy atom. The van der Waals surface area contributed by atoms with Gasteiger partial charge in [-0.2, -0.15) is 0 Å². The first-order chi connectivity index (χ1) is 14.1. The molecule has 0 bridgehead atoms. The number of guanidine groups is 1. The number of carbonyl (C=O) groups is 1. The van der Waals surface area contributed by atoms with Crippen molar-refractivity contribution in [2.75, 3.05) is 53.0 Å². The molecule has 6 nitrogen and oxygen atoms in total. The van der Waals surface area contributed by atoms with E-state index in [0.717, 1.165) is 69.9 Å². The minimum absolute atomic E-state index is 0. The zero-order chi connectivity index (χ0) is 20.6. The Hall–Kier alpha value is -0.770. The van der Waals surface area contributed by atoms with Crippen LogP contribution >= 0.6 is 47.2 Å². The van der Waals surface area contributed by atoms with Crippen LogP contribution in [0, 0.1) is 5.92 Å². The van der Waals surface area contributed by atoms with Crippen LogP contribution in [-0.2, 0) is 16.0 Å². The topological polar surface area (TPSA) is 57.2 Å². The molecule has 3 rings (SSSR count). The lowest BCUT2D eigenvalue weighted by Gasteiger charge is -2.36. The normalized spacial score (nSPS) is 18.2. The van der Waals surface area contributed by atoms with Gasteiger partial charge in [0.05, 0.1) is 13.2 Å². The minimum Gasteiger partial charge on any atom is -0.378 e. The number of nitrogens with one attached hydrogen (secondary N) is 1. The van der Waals surface area contributed by atoms with E-state index in [4.69, 9.17) is 27.9 Å². The van der Waals surface area contributed by atoms with Crippen LogP contribution < -0.4 is 5.32 Å². The maximum Gasteiger partial charge on any atom is 0.225 e. The van der Waals surface area contributed by atoms with E-state index in [1.807, 2.05) is 24.1 Å². The van der Waals surface area contributed by atoms with Crippen LogP contribution in [0.1, 0.15) is 24.8 Å². The van der Waals surface area contributed by atoms with Crippen molar-refractivity contribution < 1.29 is 9.53 Å². The first kappa shape index (κ1) is 25.5. The van der Waals surface area contributed by atoms with E-state index in [1.165, 1.54) is 0 Å². The molecule has 0 atom stereocenters. The molecule has 1 N–H and O–H groups in total. The van der Waals surface area contributed by atoms with Gasteiger partial charge in [-0.05, 0) is 43.4 Å². The molecule has 2 aliphatic heterocycles. The second kappa shape index (κ2) is 12.9. The van der Waals surface area contributed by atoms with Crippen LogP contribution in [0.2, 0.25) is 10.0 Å². The second-order valence-electron chi connectivity index (χ2n) is 7.51. The molecule has 2 saturated heterocycles. The lowest BCUT2D eigenvalue weighted by atomic mass is 9.95. The van der Waals surface area contributed by atoms with Crippen LogP contribution in [0.3, 0.4) is 0 Å². The zero-order valence-corrected chi connectivity index (χ0v) is 21.3. The Bertz CT molecular complexity index is 721. The van der Waals surface area contributed by atoms with Crippen molar-refractivity contribution in [3.05, 3.63) is 33.8 Å². The number of aryl methyl sites for hydroxylation is 1. The fourth-order valence-electron chi connectivity index (χ4n) is 3.92. The summed E-state index contributed by atoms with van der Waals surface area (Å²) in [6.45, 7) is 5.27. The molecule has 1 aromatic carbocycles. The SMILES string of the molecule is CN=C(NCCCc1ccc(Cl)cc1Cl)N1CCC(C(=O)N2CCOCC2)CC1.I. The first-order valence-corrected chi connectivity index (χ1v) is 11.1. The molecular formula is C21H31Cl2IN4O2. The van der Waals surface area contributed by atoms with Crippen molar-refractivity contribution in [2.24, 2.45) is 10.9 Å². The van der Waals surface area contributed by atoms with Crippen LogP contribution in [-0.4, -0.2) is 74.7 Å². The van der Waals surface area contributed by atoms with Gasteiger partial charge in [0.1, 0.15) is 0 Å². The Kier molecular flexibility index (Phi) is 11.0. The highest BCUT2D eigenvalue weighted by Gasteiger charge is 2.30. The fraction of sp³-hybridized carbons (Fsp3) is 0.619. The number of nitrogens with zero attached hydrogens (tertiary/aromatic N) is 3. The molecule has 30 heavy (non-hydrogen) atoms. The summed E-state index contributed by atoms with van der Waals surface area (Å²) in [6.07, 6.45) is 3.58. The third kappa shape index (κ3) is 7.14. The van der Waals surface area contributed by atoms with E-state index in [2.05, 4.69) is 15.2 Å². The van der Waals surface area contributed by atoms with Gasteiger partial charge in [0.2, 0.25) is 5.91 Å². The molecule has 1 amide bonds. The van der Waals surface area contributed by atoms with E-state index < -0.39 is 0 Å². The predicted octanol–water partition coefficient (Wildman–Crippen LogP) is 3.69. The van der Waals surface area contributed by atoms with Gasteiger partial charge in [-0.25, -0.2) is 0 Å².